The number of furan rings is 1. The minimum Gasteiger partial charge on any atom is -0.464 e. The number of rotatable bonds is 6. The number of aromatic nitrogens is 2. The van der Waals surface area contributed by atoms with Gasteiger partial charge in [0.05, 0.1) is 12.2 Å². The third-order valence-corrected chi connectivity index (χ3v) is 3.57. The molecule has 7 nitrogen and oxygen atoms in total. The van der Waals surface area contributed by atoms with Gasteiger partial charge in [0.25, 0.3) is 0 Å². The van der Waals surface area contributed by atoms with Gasteiger partial charge in [0.15, 0.2) is 0 Å². The van der Waals surface area contributed by atoms with Crippen LogP contribution in [-0.4, -0.2) is 38.8 Å². The highest BCUT2D eigenvalue weighted by Crippen LogP contribution is 2.22. The van der Waals surface area contributed by atoms with E-state index in [1.54, 1.807) is 24.7 Å². The zero-order chi connectivity index (χ0) is 16.2. The summed E-state index contributed by atoms with van der Waals surface area (Å²) in [7, 11) is -1.68. The van der Waals surface area contributed by atoms with Crippen molar-refractivity contribution in [3.05, 3.63) is 54.6 Å². The average Bonchev–Trinajstić information content (AvgIpc) is 3.16. The molecule has 118 valence electrons. The first-order valence-corrected chi connectivity index (χ1v) is 7.21. The molecule has 0 saturated heterocycles. The summed E-state index contributed by atoms with van der Waals surface area (Å²) in [6.45, 7) is 0.0162. The van der Waals surface area contributed by atoms with E-state index < -0.39 is 13.1 Å². The molecule has 0 spiro atoms. The smallest absolute Gasteiger partial charge is 0.464 e. The van der Waals surface area contributed by atoms with Gasteiger partial charge in [-0.2, -0.15) is 5.10 Å². The molecule has 2 aromatic heterocycles. The number of nitrogens with zero attached hydrogens (tertiary/aromatic N) is 2. The Kier molecular flexibility index (Phi) is 4.45. The summed E-state index contributed by atoms with van der Waals surface area (Å²) in [5.41, 5.74) is 1.52. The topological polar surface area (TPSA) is 101 Å². The molecule has 0 aliphatic heterocycles. The molecule has 0 fully saturated rings. The Bertz CT molecular complexity index is 785. The Hall–Kier alpha value is -2.58. The summed E-state index contributed by atoms with van der Waals surface area (Å²) in [4.78, 5) is 12.0. The quantitative estimate of drug-likeness (QED) is 0.571. The number of nitrogens with one attached hydrogen (secondary N) is 1. The first kappa shape index (κ1) is 15.3. The lowest BCUT2D eigenvalue weighted by Gasteiger charge is -2.17. The van der Waals surface area contributed by atoms with Crippen LogP contribution in [-0.2, 0) is 17.8 Å². The second-order valence-corrected chi connectivity index (χ2v) is 5.25. The van der Waals surface area contributed by atoms with Gasteiger partial charge in [0.1, 0.15) is 12.1 Å². The number of fused-ring (bicyclic) bond motifs is 1. The fourth-order valence-electron chi connectivity index (χ4n) is 2.45. The van der Waals surface area contributed by atoms with Crippen molar-refractivity contribution in [1.82, 2.24) is 15.1 Å². The van der Waals surface area contributed by atoms with Crippen molar-refractivity contribution in [2.24, 2.45) is 0 Å². The van der Waals surface area contributed by atoms with E-state index in [1.807, 2.05) is 24.3 Å². The van der Waals surface area contributed by atoms with Crippen molar-refractivity contribution in [1.29, 1.82) is 0 Å². The van der Waals surface area contributed by atoms with E-state index in [-0.39, 0.29) is 18.9 Å². The maximum atomic E-state index is 12.0. The van der Waals surface area contributed by atoms with E-state index >= 15 is 0 Å². The summed E-state index contributed by atoms with van der Waals surface area (Å²) in [6.07, 6.45) is 5.05. The van der Waals surface area contributed by atoms with Crippen molar-refractivity contribution in [2.45, 2.75) is 18.9 Å². The largest absolute Gasteiger partial charge is 0.475 e. The van der Waals surface area contributed by atoms with Crippen molar-refractivity contribution < 1.29 is 19.3 Å². The highest BCUT2D eigenvalue weighted by Gasteiger charge is 2.27. The second kappa shape index (κ2) is 6.68. The van der Waals surface area contributed by atoms with Crippen LogP contribution in [0.3, 0.4) is 0 Å². The van der Waals surface area contributed by atoms with Crippen LogP contribution < -0.4 is 5.32 Å². The zero-order valence-corrected chi connectivity index (χ0v) is 12.3. The normalized spacial score (nSPS) is 12.3. The van der Waals surface area contributed by atoms with E-state index in [4.69, 9.17) is 4.42 Å². The van der Waals surface area contributed by atoms with Crippen LogP contribution in [0.1, 0.15) is 5.56 Å². The Morgan fingerprint density at radius 2 is 2.17 bits per heavy atom. The number of hydrogen-bond acceptors (Lipinski definition) is 5. The number of carbonyl (C=O) groups excluding carboxylic acids is 1. The molecule has 8 heteroatoms. The molecule has 23 heavy (non-hydrogen) atoms. The minimum atomic E-state index is -1.68. The summed E-state index contributed by atoms with van der Waals surface area (Å²) in [6, 6.07) is 9.17. The molecule has 0 saturated carbocycles. The molecule has 3 rings (SSSR count). The van der Waals surface area contributed by atoms with Crippen LogP contribution in [0, 0.1) is 0 Å². The van der Waals surface area contributed by atoms with Gasteiger partial charge >= 0.3 is 7.12 Å². The van der Waals surface area contributed by atoms with Crippen LogP contribution >= 0.6 is 0 Å². The zero-order valence-electron chi connectivity index (χ0n) is 12.3. The molecule has 2 heterocycles. The Labute approximate surface area is 132 Å². The fourth-order valence-corrected chi connectivity index (χ4v) is 2.45. The van der Waals surface area contributed by atoms with Crippen molar-refractivity contribution in [2.75, 3.05) is 0 Å². The third kappa shape index (κ3) is 3.61. The van der Waals surface area contributed by atoms with Gasteiger partial charge in [-0.25, -0.2) is 0 Å². The van der Waals surface area contributed by atoms with Gasteiger partial charge in [-0.1, -0.05) is 18.2 Å². The van der Waals surface area contributed by atoms with Crippen molar-refractivity contribution in [3.63, 3.8) is 0 Å². The molecule has 0 unspecified atom stereocenters. The molecule has 0 radical (unpaired) electrons. The molecule has 1 amide bonds. The highest BCUT2D eigenvalue weighted by atomic mass is 16.4. The maximum absolute atomic E-state index is 12.0. The Morgan fingerprint density at radius 1 is 1.35 bits per heavy atom. The lowest BCUT2D eigenvalue weighted by Crippen LogP contribution is -2.48. The van der Waals surface area contributed by atoms with Crippen LogP contribution in [0.15, 0.2) is 53.4 Å². The SMILES string of the molecule is O=C(Cn1cccn1)N[C@@H](Cc1coc2ccccc12)B(O)O. The minimum absolute atomic E-state index is 0.0162. The predicted molar refractivity (Wildman–Crippen MR) is 84.3 cm³/mol. The van der Waals surface area contributed by atoms with E-state index in [1.165, 1.54) is 4.68 Å². The maximum Gasteiger partial charge on any atom is 0.475 e. The van der Waals surface area contributed by atoms with Crippen LogP contribution in [0.4, 0.5) is 0 Å². The van der Waals surface area contributed by atoms with Gasteiger partial charge in [-0.15, -0.1) is 0 Å². The molecule has 0 aliphatic carbocycles. The van der Waals surface area contributed by atoms with Crippen molar-refractivity contribution in [3.8, 4) is 0 Å². The Balaban J connectivity index is 1.70. The summed E-state index contributed by atoms with van der Waals surface area (Å²) < 4.78 is 6.89. The predicted octanol–water partition coefficient (Wildman–Crippen LogP) is 0.369. The third-order valence-electron chi connectivity index (χ3n) is 3.57. The molecule has 1 aromatic carbocycles. The number of benzene rings is 1. The molecular weight excluding hydrogens is 297 g/mol. The molecule has 1 atom stereocenters. The Morgan fingerprint density at radius 3 is 2.91 bits per heavy atom. The fraction of sp³-hybridized carbons (Fsp3) is 0.200. The summed E-state index contributed by atoms with van der Waals surface area (Å²) >= 11 is 0. The molecular formula is C15H16BN3O4. The van der Waals surface area contributed by atoms with Crippen molar-refractivity contribution >= 4 is 24.0 Å². The van der Waals surface area contributed by atoms with E-state index in [0.717, 1.165) is 16.5 Å². The second-order valence-electron chi connectivity index (χ2n) is 5.25. The number of carbonyl (C=O) groups is 1. The lowest BCUT2D eigenvalue weighted by molar-refractivity contribution is -0.122. The lowest BCUT2D eigenvalue weighted by atomic mass is 9.76. The van der Waals surface area contributed by atoms with Crippen LogP contribution in [0.25, 0.3) is 11.0 Å². The van der Waals surface area contributed by atoms with E-state index in [2.05, 4.69) is 10.4 Å². The summed E-state index contributed by atoms with van der Waals surface area (Å²) in [5.74, 6) is -1.18. The van der Waals surface area contributed by atoms with Gasteiger partial charge in [0.2, 0.25) is 5.91 Å². The van der Waals surface area contributed by atoms with Gasteiger partial charge in [-0.3, -0.25) is 9.48 Å². The highest BCUT2D eigenvalue weighted by molar-refractivity contribution is 6.43. The number of amides is 1. The first-order chi connectivity index (χ1) is 11.1. The average molecular weight is 313 g/mol. The number of para-hydroxylation sites is 1. The van der Waals surface area contributed by atoms with E-state index in [0.29, 0.717) is 0 Å². The molecule has 0 aliphatic rings. The van der Waals surface area contributed by atoms with Crippen LogP contribution in [0.2, 0.25) is 0 Å². The van der Waals surface area contributed by atoms with Gasteiger partial charge in [0, 0.05) is 17.8 Å². The van der Waals surface area contributed by atoms with Gasteiger partial charge < -0.3 is 19.8 Å². The number of hydrogen-bond donors (Lipinski definition) is 3. The van der Waals surface area contributed by atoms with Gasteiger partial charge in [-0.05, 0) is 24.1 Å². The summed E-state index contributed by atoms with van der Waals surface area (Å²) in [5, 5.41) is 26.5. The molecule has 3 N–H and O–H groups in total. The van der Waals surface area contributed by atoms with Crippen LogP contribution in [0.5, 0.6) is 0 Å². The van der Waals surface area contributed by atoms with E-state index in [9.17, 15) is 14.8 Å². The molecule has 3 aromatic rings. The monoisotopic (exact) mass is 313 g/mol. The first-order valence-electron chi connectivity index (χ1n) is 7.21. The standard InChI is InChI=1S/C15H16BN3O4/c20-15(9-19-7-3-6-17-19)18-14(16(21)22)8-11-10-23-13-5-2-1-4-12(11)13/h1-7,10,14,21-22H,8-9H2,(H,18,20)/t14-/m0/s1. The molecule has 0 bridgehead atoms.